The first-order valence-corrected chi connectivity index (χ1v) is 12.9. The summed E-state index contributed by atoms with van der Waals surface area (Å²) in [6.07, 6.45) is 13.1. The highest BCUT2D eigenvalue weighted by molar-refractivity contribution is 7.99. The predicted molar refractivity (Wildman–Crippen MR) is 137 cm³/mol. The van der Waals surface area contributed by atoms with E-state index >= 15 is 0 Å². The molecule has 0 amide bonds. The molecular formula is C25H26ClN7OS. The van der Waals surface area contributed by atoms with Gasteiger partial charge in [-0.3, -0.25) is 4.98 Å². The number of hydrogen-bond donors (Lipinski definition) is 1. The smallest absolute Gasteiger partial charge is 0.155 e. The fraction of sp³-hybridized carbons (Fsp3) is 0.360. The van der Waals surface area contributed by atoms with Gasteiger partial charge in [0.15, 0.2) is 5.65 Å². The number of aromatic nitrogens is 5. The molecule has 2 aliphatic rings. The summed E-state index contributed by atoms with van der Waals surface area (Å²) in [5.41, 5.74) is 8.99. The van der Waals surface area contributed by atoms with Crippen molar-refractivity contribution >= 4 is 34.8 Å². The monoisotopic (exact) mass is 507 g/mol. The van der Waals surface area contributed by atoms with Crippen molar-refractivity contribution in [2.45, 2.75) is 41.8 Å². The molecule has 35 heavy (non-hydrogen) atoms. The molecule has 2 atom stereocenters. The molecule has 3 aromatic heterocycles. The Labute approximate surface area is 212 Å². The van der Waals surface area contributed by atoms with Crippen LogP contribution in [-0.2, 0) is 4.74 Å². The summed E-state index contributed by atoms with van der Waals surface area (Å²) in [5.74, 6) is 0.891. The fourth-order valence-corrected chi connectivity index (χ4v) is 6.17. The molecule has 1 spiro atoms. The third kappa shape index (κ3) is 4.16. The van der Waals surface area contributed by atoms with E-state index in [9.17, 15) is 0 Å². The molecule has 2 aliphatic heterocycles. The van der Waals surface area contributed by atoms with Crippen molar-refractivity contribution in [3.05, 3.63) is 60.4 Å². The van der Waals surface area contributed by atoms with Crippen molar-refractivity contribution < 1.29 is 4.74 Å². The first kappa shape index (κ1) is 22.7. The number of nitrogens with zero attached hydrogens (tertiary/aromatic N) is 6. The van der Waals surface area contributed by atoms with Crippen LogP contribution in [0, 0.1) is 5.41 Å². The van der Waals surface area contributed by atoms with Crippen LogP contribution in [-0.4, -0.2) is 56.2 Å². The topological polar surface area (TPSA) is 94.5 Å². The van der Waals surface area contributed by atoms with E-state index in [1.165, 1.54) is 11.8 Å². The van der Waals surface area contributed by atoms with Gasteiger partial charge in [0.2, 0.25) is 0 Å². The fourth-order valence-electron chi connectivity index (χ4n) is 5.04. The van der Waals surface area contributed by atoms with Crippen LogP contribution < -0.4 is 10.6 Å². The molecule has 6 rings (SSSR count). The summed E-state index contributed by atoms with van der Waals surface area (Å²) < 4.78 is 7.77. The van der Waals surface area contributed by atoms with Crippen LogP contribution in [0.2, 0.25) is 5.02 Å². The van der Waals surface area contributed by atoms with Crippen molar-refractivity contribution in [3.8, 4) is 11.3 Å². The van der Waals surface area contributed by atoms with Crippen LogP contribution in [0.25, 0.3) is 16.9 Å². The van der Waals surface area contributed by atoms with Crippen LogP contribution in [0.15, 0.2) is 65.3 Å². The second-order valence-electron chi connectivity index (χ2n) is 9.29. The van der Waals surface area contributed by atoms with Crippen LogP contribution >= 0.6 is 23.4 Å². The summed E-state index contributed by atoms with van der Waals surface area (Å²) in [6.45, 7) is 4.65. The van der Waals surface area contributed by atoms with Gasteiger partial charge >= 0.3 is 0 Å². The third-order valence-corrected chi connectivity index (χ3v) is 8.78. The number of piperidine rings is 1. The molecule has 1 aromatic carbocycles. The number of imidazole rings is 1. The summed E-state index contributed by atoms with van der Waals surface area (Å²) >= 11 is 8.29. The van der Waals surface area contributed by atoms with Crippen molar-refractivity contribution in [2.75, 3.05) is 24.6 Å². The van der Waals surface area contributed by atoms with Crippen LogP contribution in [0.1, 0.15) is 19.8 Å². The van der Waals surface area contributed by atoms with Crippen molar-refractivity contribution in [3.63, 3.8) is 0 Å². The van der Waals surface area contributed by atoms with Gasteiger partial charge in [0.05, 0.1) is 42.0 Å². The van der Waals surface area contributed by atoms with Gasteiger partial charge in [-0.2, -0.15) is 0 Å². The van der Waals surface area contributed by atoms with Crippen LogP contribution in [0.5, 0.6) is 0 Å². The lowest BCUT2D eigenvalue weighted by Gasteiger charge is -2.41. The summed E-state index contributed by atoms with van der Waals surface area (Å²) in [7, 11) is 0. The van der Waals surface area contributed by atoms with E-state index in [0.717, 1.165) is 65.2 Å². The molecule has 0 saturated carbocycles. The Morgan fingerprint density at radius 2 is 1.97 bits per heavy atom. The van der Waals surface area contributed by atoms with E-state index in [-0.39, 0.29) is 17.6 Å². The molecule has 10 heteroatoms. The van der Waals surface area contributed by atoms with Crippen LogP contribution in [0.3, 0.4) is 0 Å². The number of nitrogens with two attached hydrogens (primary N) is 1. The maximum absolute atomic E-state index is 6.79. The molecule has 2 saturated heterocycles. The first-order valence-electron chi connectivity index (χ1n) is 11.7. The zero-order valence-electron chi connectivity index (χ0n) is 19.3. The molecule has 4 aromatic rings. The van der Waals surface area contributed by atoms with Gasteiger partial charge in [0.25, 0.3) is 0 Å². The van der Waals surface area contributed by atoms with Gasteiger partial charge in [-0.15, -0.1) is 0 Å². The van der Waals surface area contributed by atoms with Gasteiger partial charge in [-0.1, -0.05) is 35.5 Å². The molecule has 5 heterocycles. The molecule has 2 N–H and O–H groups in total. The minimum atomic E-state index is 0.0954. The SMILES string of the molecule is C[C@@H]1OCC2(CCN(c3cnc(Sc4cccc(-c5cn6ccnc6cn5)c4Cl)cn3)CC2)[C@@H]1N. The predicted octanol–water partition coefficient (Wildman–Crippen LogP) is 4.32. The molecule has 0 radical (unpaired) electrons. The van der Waals surface area contributed by atoms with E-state index in [1.54, 1.807) is 12.4 Å². The number of fused-ring (bicyclic) bond motifs is 1. The van der Waals surface area contributed by atoms with Gasteiger partial charge in [-0.05, 0) is 25.8 Å². The van der Waals surface area contributed by atoms with E-state index in [0.29, 0.717) is 5.02 Å². The van der Waals surface area contributed by atoms with Crippen LogP contribution in [0.4, 0.5) is 5.82 Å². The maximum Gasteiger partial charge on any atom is 0.155 e. The minimum Gasteiger partial charge on any atom is -0.376 e. The lowest BCUT2D eigenvalue weighted by atomic mass is 9.73. The Morgan fingerprint density at radius 1 is 1.11 bits per heavy atom. The zero-order valence-corrected chi connectivity index (χ0v) is 20.9. The molecule has 0 bridgehead atoms. The number of benzene rings is 1. The normalized spacial score (nSPS) is 21.7. The lowest BCUT2D eigenvalue weighted by molar-refractivity contribution is 0.0974. The molecule has 0 unspecified atom stereocenters. The number of hydrogen-bond acceptors (Lipinski definition) is 8. The molecule has 180 valence electrons. The highest BCUT2D eigenvalue weighted by Gasteiger charge is 2.47. The summed E-state index contributed by atoms with van der Waals surface area (Å²) in [6, 6.07) is 6.04. The molecular weight excluding hydrogens is 482 g/mol. The van der Waals surface area contributed by atoms with Gasteiger partial charge in [0.1, 0.15) is 10.8 Å². The second kappa shape index (κ2) is 9.05. The Balaban J connectivity index is 1.16. The average molecular weight is 508 g/mol. The number of ether oxygens (including phenoxy) is 1. The number of anilines is 1. The summed E-state index contributed by atoms with van der Waals surface area (Å²) in [5, 5.41) is 1.43. The lowest BCUT2D eigenvalue weighted by Crippen LogP contribution is -2.50. The van der Waals surface area contributed by atoms with Gasteiger partial charge in [0, 0.05) is 53.6 Å². The minimum absolute atomic E-state index is 0.0954. The maximum atomic E-state index is 6.79. The third-order valence-electron chi connectivity index (χ3n) is 7.28. The Bertz CT molecular complexity index is 1350. The quantitative estimate of drug-likeness (QED) is 0.436. The number of halogens is 1. The van der Waals surface area contributed by atoms with Gasteiger partial charge < -0.3 is 19.8 Å². The van der Waals surface area contributed by atoms with E-state index in [4.69, 9.17) is 27.1 Å². The molecule has 2 fully saturated rings. The number of rotatable bonds is 4. The van der Waals surface area contributed by atoms with Crippen molar-refractivity contribution in [2.24, 2.45) is 11.1 Å². The Morgan fingerprint density at radius 3 is 2.71 bits per heavy atom. The van der Waals surface area contributed by atoms with Gasteiger partial charge in [-0.25, -0.2) is 15.0 Å². The molecule has 8 nitrogen and oxygen atoms in total. The molecule has 0 aliphatic carbocycles. The Kier molecular flexibility index (Phi) is 5.88. The van der Waals surface area contributed by atoms with Crippen molar-refractivity contribution in [1.29, 1.82) is 0 Å². The van der Waals surface area contributed by atoms with E-state index in [2.05, 4.69) is 26.8 Å². The van der Waals surface area contributed by atoms with E-state index in [1.807, 2.05) is 47.4 Å². The zero-order chi connectivity index (χ0) is 24.0. The first-order chi connectivity index (χ1) is 17.0. The standard InChI is InChI=1S/C25H26ClN7OS/c1-16-24(27)25(15-34-16)5-8-32(9-6-25)21-12-31-22(13-30-21)35-19-4-2-3-17(23(19)26)18-14-33-10-7-28-20(33)11-29-18/h2-4,7,10-14,16,24H,5-6,8-9,15,27H2,1H3/t16-,24+/m0/s1. The average Bonchev–Trinajstić information content (AvgIpc) is 3.46. The highest BCUT2D eigenvalue weighted by Crippen LogP contribution is 2.42. The highest BCUT2D eigenvalue weighted by atomic mass is 35.5. The second-order valence-corrected chi connectivity index (χ2v) is 10.7. The largest absolute Gasteiger partial charge is 0.376 e. The Hall–Kier alpha value is -2.72. The van der Waals surface area contributed by atoms with Crippen molar-refractivity contribution in [1.82, 2.24) is 24.3 Å². The van der Waals surface area contributed by atoms with E-state index < -0.39 is 0 Å². The summed E-state index contributed by atoms with van der Waals surface area (Å²) in [4.78, 5) is 21.3.